The molecule has 144 valence electrons. The lowest BCUT2D eigenvalue weighted by molar-refractivity contribution is -0.114. The molecule has 0 unspecified atom stereocenters. The Hall–Kier alpha value is -3.30. The summed E-state index contributed by atoms with van der Waals surface area (Å²) in [6.07, 6.45) is 0. The molecular weight excluding hydrogens is 378 g/mol. The standard InChI is InChI=1S/C21H20ClN3O3/c1-15(12-13-16-8-5-7-11-19(16)22)24-28-14-17-9-4-6-10-18(17)20(25-27-3)21(26)23-2/h4-11H,14H2,1-3H3,(H,23,26)/b24-15+,25-20+. The Labute approximate surface area is 169 Å². The van der Waals surface area contributed by atoms with Crippen molar-refractivity contribution >= 4 is 28.9 Å². The van der Waals surface area contributed by atoms with E-state index in [1.54, 1.807) is 25.1 Å². The van der Waals surface area contributed by atoms with Crippen molar-refractivity contribution in [1.82, 2.24) is 5.32 Å². The molecular formula is C21H20ClN3O3. The van der Waals surface area contributed by atoms with Crippen LogP contribution in [0.4, 0.5) is 0 Å². The maximum Gasteiger partial charge on any atom is 0.273 e. The molecule has 0 heterocycles. The Kier molecular flexibility index (Phi) is 8.07. The topological polar surface area (TPSA) is 72.3 Å². The summed E-state index contributed by atoms with van der Waals surface area (Å²) in [5.74, 6) is 5.48. The van der Waals surface area contributed by atoms with Crippen LogP contribution in [0.5, 0.6) is 0 Å². The zero-order valence-electron chi connectivity index (χ0n) is 15.8. The van der Waals surface area contributed by atoms with E-state index in [1.165, 1.54) is 14.2 Å². The van der Waals surface area contributed by atoms with Crippen LogP contribution in [0.25, 0.3) is 0 Å². The fourth-order valence-electron chi connectivity index (χ4n) is 2.24. The molecule has 2 aromatic carbocycles. The van der Waals surface area contributed by atoms with Gasteiger partial charge in [0.1, 0.15) is 19.4 Å². The lowest BCUT2D eigenvalue weighted by Gasteiger charge is -2.09. The van der Waals surface area contributed by atoms with Crippen LogP contribution in [-0.4, -0.2) is 31.5 Å². The molecule has 6 nitrogen and oxygen atoms in total. The predicted octanol–water partition coefficient (Wildman–Crippen LogP) is 3.38. The van der Waals surface area contributed by atoms with Gasteiger partial charge in [-0.2, -0.15) is 0 Å². The number of rotatable bonds is 6. The van der Waals surface area contributed by atoms with E-state index in [1.807, 2.05) is 30.3 Å². The molecule has 2 rings (SSSR count). The van der Waals surface area contributed by atoms with Gasteiger partial charge in [0, 0.05) is 23.7 Å². The van der Waals surface area contributed by atoms with E-state index in [4.69, 9.17) is 21.3 Å². The number of amides is 1. The lowest BCUT2D eigenvalue weighted by atomic mass is 10.0. The SMILES string of the molecule is CNC(=O)/C(=N/OC)c1ccccc1CO/N=C(\C)C#Cc1ccccc1Cl. The molecule has 0 spiro atoms. The zero-order valence-corrected chi connectivity index (χ0v) is 16.6. The van der Waals surface area contributed by atoms with Crippen LogP contribution in [0.1, 0.15) is 23.6 Å². The van der Waals surface area contributed by atoms with E-state index in [0.717, 1.165) is 11.1 Å². The molecule has 0 aliphatic carbocycles. The van der Waals surface area contributed by atoms with Crippen molar-refractivity contribution in [3.8, 4) is 11.8 Å². The van der Waals surface area contributed by atoms with Gasteiger partial charge in [0.25, 0.3) is 5.91 Å². The van der Waals surface area contributed by atoms with Crippen LogP contribution in [0, 0.1) is 11.8 Å². The number of halogens is 1. The average molecular weight is 398 g/mol. The highest BCUT2D eigenvalue weighted by atomic mass is 35.5. The summed E-state index contributed by atoms with van der Waals surface area (Å²) < 4.78 is 0. The quantitative estimate of drug-likeness (QED) is 0.461. The first-order valence-electron chi connectivity index (χ1n) is 8.41. The monoisotopic (exact) mass is 397 g/mol. The number of benzene rings is 2. The molecule has 1 N–H and O–H groups in total. The maximum atomic E-state index is 12.1. The van der Waals surface area contributed by atoms with Crippen LogP contribution in [0.2, 0.25) is 5.02 Å². The minimum Gasteiger partial charge on any atom is -0.398 e. The summed E-state index contributed by atoms with van der Waals surface area (Å²) in [5, 5.41) is 10.9. The van der Waals surface area contributed by atoms with Crippen molar-refractivity contribution in [2.24, 2.45) is 10.3 Å². The van der Waals surface area contributed by atoms with Gasteiger partial charge < -0.3 is 15.0 Å². The van der Waals surface area contributed by atoms with Crippen LogP contribution in [-0.2, 0) is 21.1 Å². The largest absolute Gasteiger partial charge is 0.398 e. The molecule has 0 aliphatic rings. The Balaban J connectivity index is 2.13. The Bertz CT molecular complexity index is 959. The summed E-state index contributed by atoms with van der Waals surface area (Å²) in [6, 6.07) is 14.5. The Morgan fingerprint density at radius 2 is 1.86 bits per heavy atom. The van der Waals surface area contributed by atoms with E-state index in [9.17, 15) is 4.79 Å². The van der Waals surface area contributed by atoms with Crippen LogP contribution in [0.15, 0.2) is 58.8 Å². The van der Waals surface area contributed by atoms with E-state index >= 15 is 0 Å². The third kappa shape index (κ3) is 5.86. The van der Waals surface area contributed by atoms with Gasteiger partial charge in [0.05, 0.1) is 5.02 Å². The summed E-state index contributed by atoms with van der Waals surface area (Å²) in [6.45, 7) is 1.87. The molecule has 7 heteroatoms. The van der Waals surface area contributed by atoms with E-state index in [2.05, 4.69) is 27.5 Å². The lowest BCUT2D eigenvalue weighted by Crippen LogP contribution is -2.29. The second kappa shape index (κ2) is 10.8. The third-order valence-electron chi connectivity index (χ3n) is 3.57. The number of oxime groups is 2. The van der Waals surface area contributed by atoms with Crippen molar-refractivity contribution < 1.29 is 14.5 Å². The van der Waals surface area contributed by atoms with Gasteiger partial charge in [-0.15, -0.1) is 0 Å². The number of nitrogens with zero attached hydrogens (tertiary/aromatic N) is 2. The highest BCUT2D eigenvalue weighted by Gasteiger charge is 2.17. The van der Waals surface area contributed by atoms with Gasteiger partial charge in [0.2, 0.25) is 0 Å². The molecule has 0 saturated heterocycles. The average Bonchev–Trinajstić information content (AvgIpc) is 2.71. The molecule has 0 atom stereocenters. The van der Waals surface area contributed by atoms with Crippen LogP contribution in [0.3, 0.4) is 0 Å². The normalized spacial score (nSPS) is 11.3. The van der Waals surface area contributed by atoms with E-state index in [0.29, 0.717) is 16.3 Å². The summed E-state index contributed by atoms with van der Waals surface area (Å²) in [5.41, 5.74) is 2.70. The van der Waals surface area contributed by atoms with Crippen molar-refractivity contribution in [1.29, 1.82) is 0 Å². The van der Waals surface area contributed by atoms with Crippen LogP contribution < -0.4 is 5.32 Å². The first-order valence-corrected chi connectivity index (χ1v) is 8.79. The second-order valence-corrected chi connectivity index (χ2v) is 5.95. The van der Waals surface area contributed by atoms with E-state index in [-0.39, 0.29) is 18.2 Å². The number of likely N-dealkylation sites (N-methyl/N-ethyl adjacent to an activating group) is 1. The molecule has 0 aliphatic heterocycles. The molecule has 1 amide bonds. The van der Waals surface area contributed by atoms with Gasteiger partial charge >= 0.3 is 0 Å². The fourth-order valence-corrected chi connectivity index (χ4v) is 2.42. The Morgan fingerprint density at radius 1 is 1.14 bits per heavy atom. The van der Waals surface area contributed by atoms with Crippen molar-refractivity contribution in [2.45, 2.75) is 13.5 Å². The number of carbonyl (C=O) groups excluding carboxylic acids is 1. The van der Waals surface area contributed by atoms with Crippen LogP contribution >= 0.6 is 11.6 Å². The molecule has 0 radical (unpaired) electrons. The van der Waals surface area contributed by atoms with Gasteiger partial charge in [0.15, 0.2) is 5.71 Å². The van der Waals surface area contributed by atoms with Gasteiger partial charge in [-0.1, -0.05) is 64.2 Å². The fraction of sp³-hybridized carbons (Fsp3) is 0.190. The second-order valence-electron chi connectivity index (χ2n) is 5.54. The highest BCUT2D eigenvalue weighted by Crippen LogP contribution is 2.14. The first kappa shape index (κ1) is 21.0. The number of hydrogen-bond donors (Lipinski definition) is 1. The van der Waals surface area contributed by atoms with E-state index < -0.39 is 0 Å². The summed E-state index contributed by atoms with van der Waals surface area (Å²) in [7, 11) is 2.91. The molecule has 0 saturated carbocycles. The first-order chi connectivity index (χ1) is 13.6. The summed E-state index contributed by atoms with van der Waals surface area (Å²) in [4.78, 5) is 22.3. The molecule has 0 aromatic heterocycles. The minimum absolute atomic E-state index is 0.140. The summed E-state index contributed by atoms with van der Waals surface area (Å²) >= 11 is 6.07. The number of hydrogen-bond acceptors (Lipinski definition) is 5. The predicted molar refractivity (Wildman–Crippen MR) is 110 cm³/mol. The minimum atomic E-state index is -0.361. The third-order valence-corrected chi connectivity index (χ3v) is 3.90. The maximum absolute atomic E-state index is 12.1. The molecule has 0 fully saturated rings. The zero-order chi connectivity index (χ0) is 20.4. The van der Waals surface area contributed by atoms with Gasteiger partial charge in [-0.05, 0) is 25.0 Å². The highest BCUT2D eigenvalue weighted by molar-refractivity contribution is 6.45. The molecule has 0 bridgehead atoms. The van der Waals surface area contributed by atoms with Crippen molar-refractivity contribution in [3.63, 3.8) is 0 Å². The van der Waals surface area contributed by atoms with Crippen molar-refractivity contribution in [3.05, 3.63) is 70.2 Å². The number of nitrogens with one attached hydrogen (secondary N) is 1. The molecule has 2 aromatic rings. The number of carbonyl (C=O) groups is 1. The molecule has 28 heavy (non-hydrogen) atoms. The van der Waals surface area contributed by atoms with Gasteiger partial charge in [-0.3, -0.25) is 4.79 Å². The smallest absolute Gasteiger partial charge is 0.273 e. The van der Waals surface area contributed by atoms with Crippen molar-refractivity contribution in [2.75, 3.05) is 14.2 Å². The Morgan fingerprint density at radius 3 is 2.57 bits per heavy atom. The van der Waals surface area contributed by atoms with Gasteiger partial charge in [-0.25, -0.2) is 0 Å².